The number of carbonyl (C=O) groups excluding carboxylic acids is 1. The average Bonchev–Trinajstić information content (AvgIpc) is 3.43. The third-order valence-electron chi connectivity index (χ3n) is 6.86. The Labute approximate surface area is 177 Å². The molecule has 2 aliphatic carbocycles. The largest absolute Gasteiger partial charge is 0.349 e. The van der Waals surface area contributed by atoms with E-state index in [9.17, 15) is 4.79 Å². The predicted molar refractivity (Wildman–Crippen MR) is 119 cm³/mol. The van der Waals surface area contributed by atoms with Gasteiger partial charge in [0.1, 0.15) is 5.69 Å². The second-order valence-electron chi connectivity index (χ2n) is 8.82. The molecule has 0 spiro atoms. The van der Waals surface area contributed by atoms with E-state index < -0.39 is 0 Å². The van der Waals surface area contributed by atoms with Gasteiger partial charge in [-0.1, -0.05) is 30.3 Å². The average molecular weight is 403 g/mol. The molecule has 2 heterocycles. The van der Waals surface area contributed by atoms with E-state index in [-0.39, 0.29) is 17.5 Å². The second-order valence-corrected chi connectivity index (χ2v) is 8.82. The van der Waals surface area contributed by atoms with Crippen LogP contribution in [0.1, 0.15) is 61.5 Å². The number of aromatic amines is 1. The van der Waals surface area contributed by atoms with Crippen molar-refractivity contribution in [2.24, 2.45) is 0 Å². The maximum absolute atomic E-state index is 13.3. The van der Waals surface area contributed by atoms with Crippen molar-refractivity contribution in [3.05, 3.63) is 66.0 Å². The number of hydrogen-bond donors (Lipinski definition) is 2. The van der Waals surface area contributed by atoms with Gasteiger partial charge in [-0.2, -0.15) is 0 Å². The SMILES string of the molecule is CCN(C(=O)c1cc2ncccc2[nH]1)C1CCC[C@@H](NC2(c3ccccc3)CC2)C1. The van der Waals surface area contributed by atoms with Gasteiger partial charge in [-0.05, 0) is 69.2 Å². The molecule has 2 N–H and O–H groups in total. The minimum atomic E-state index is 0.0883. The lowest BCUT2D eigenvalue weighted by atomic mass is 9.88. The molecule has 0 saturated heterocycles. The van der Waals surface area contributed by atoms with Crippen molar-refractivity contribution in [2.75, 3.05) is 6.54 Å². The molecule has 30 heavy (non-hydrogen) atoms. The van der Waals surface area contributed by atoms with Crippen LogP contribution in [0.3, 0.4) is 0 Å². The van der Waals surface area contributed by atoms with Crippen LogP contribution in [0, 0.1) is 0 Å². The van der Waals surface area contributed by atoms with Gasteiger partial charge in [0.05, 0.1) is 11.0 Å². The van der Waals surface area contributed by atoms with Crippen molar-refractivity contribution in [3.63, 3.8) is 0 Å². The Bertz CT molecular complexity index is 991. The fourth-order valence-electron chi connectivity index (χ4n) is 5.16. The molecule has 2 aliphatic rings. The van der Waals surface area contributed by atoms with Gasteiger partial charge in [-0.15, -0.1) is 0 Å². The van der Waals surface area contributed by atoms with E-state index in [0.29, 0.717) is 11.7 Å². The van der Waals surface area contributed by atoms with Crippen LogP contribution in [-0.4, -0.2) is 39.4 Å². The summed E-state index contributed by atoms with van der Waals surface area (Å²) in [7, 11) is 0. The van der Waals surface area contributed by atoms with Crippen LogP contribution < -0.4 is 5.32 Å². The van der Waals surface area contributed by atoms with Crippen LogP contribution >= 0.6 is 0 Å². The van der Waals surface area contributed by atoms with Crippen LogP contribution in [-0.2, 0) is 5.54 Å². The molecule has 1 aromatic carbocycles. The summed E-state index contributed by atoms with van der Waals surface area (Å²) in [6.07, 6.45) is 8.62. The smallest absolute Gasteiger partial charge is 0.270 e. The van der Waals surface area contributed by atoms with Gasteiger partial charge < -0.3 is 15.2 Å². The molecule has 5 nitrogen and oxygen atoms in total. The van der Waals surface area contributed by atoms with Gasteiger partial charge in [-0.25, -0.2) is 0 Å². The molecule has 2 atom stereocenters. The number of carbonyl (C=O) groups is 1. The zero-order chi connectivity index (χ0) is 20.6. The van der Waals surface area contributed by atoms with E-state index in [2.05, 4.69) is 57.4 Å². The normalized spacial score (nSPS) is 22.7. The molecule has 2 aromatic heterocycles. The third kappa shape index (κ3) is 3.63. The minimum absolute atomic E-state index is 0.0883. The summed E-state index contributed by atoms with van der Waals surface area (Å²) in [5.41, 5.74) is 3.96. The van der Waals surface area contributed by atoms with Gasteiger partial charge in [0.25, 0.3) is 5.91 Å². The quantitative estimate of drug-likeness (QED) is 0.633. The molecule has 2 fully saturated rings. The fourth-order valence-corrected chi connectivity index (χ4v) is 5.16. The standard InChI is InChI=1S/C25H30N4O/c1-2-29(24(30)23-17-22-21(27-23)12-7-15-26-22)20-11-6-10-19(16-20)28-25(13-14-25)18-8-4-3-5-9-18/h3-5,7-9,12,15,17,19-20,27-28H,2,6,10-11,13-14,16H2,1H3/t19-,20?/m1/s1. The lowest BCUT2D eigenvalue weighted by Crippen LogP contribution is -2.49. The molecule has 0 radical (unpaired) electrons. The Morgan fingerprint density at radius 3 is 2.77 bits per heavy atom. The molecular formula is C25H30N4O. The van der Waals surface area contributed by atoms with Gasteiger partial charge in [0.2, 0.25) is 0 Å². The molecule has 2 saturated carbocycles. The molecule has 156 valence electrons. The highest BCUT2D eigenvalue weighted by Gasteiger charge is 2.46. The molecule has 0 aliphatic heterocycles. The summed E-state index contributed by atoms with van der Waals surface area (Å²) in [5, 5.41) is 3.98. The molecule has 0 bridgehead atoms. The van der Waals surface area contributed by atoms with E-state index in [1.165, 1.54) is 24.8 Å². The Morgan fingerprint density at radius 2 is 2.03 bits per heavy atom. The topological polar surface area (TPSA) is 61.0 Å². The van der Waals surface area contributed by atoms with Crippen LogP contribution in [0.15, 0.2) is 54.7 Å². The third-order valence-corrected chi connectivity index (χ3v) is 6.86. The van der Waals surface area contributed by atoms with Crippen molar-refractivity contribution < 1.29 is 4.79 Å². The van der Waals surface area contributed by atoms with E-state index in [1.807, 2.05) is 18.2 Å². The second kappa shape index (κ2) is 7.88. The van der Waals surface area contributed by atoms with E-state index in [1.54, 1.807) is 6.20 Å². The molecule has 3 aromatic rings. The number of pyridine rings is 1. The summed E-state index contributed by atoms with van der Waals surface area (Å²) < 4.78 is 0. The Hall–Kier alpha value is -2.66. The number of nitrogens with zero attached hydrogens (tertiary/aromatic N) is 2. The van der Waals surface area contributed by atoms with Crippen molar-refractivity contribution in [1.82, 2.24) is 20.2 Å². The van der Waals surface area contributed by atoms with E-state index in [4.69, 9.17) is 0 Å². The highest BCUT2D eigenvalue weighted by molar-refractivity contribution is 5.97. The highest BCUT2D eigenvalue weighted by Crippen LogP contribution is 2.46. The van der Waals surface area contributed by atoms with E-state index in [0.717, 1.165) is 36.8 Å². The van der Waals surface area contributed by atoms with Gasteiger partial charge in [0, 0.05) is 30.4 Å². The van der Waals surface area contributed by atoms with Gasteiger partial charge in [-0.3, -0.25) is 9.78 Å². The molecule has 5 rings (SSSR count). The predicted octanol–water partition coefficient (Wildman–Crippen LogP) is 4.62. The maximum Gasteiger partial charge on any atom is 0.270 e. The summed E-state index contributed by atoms with van der Waals surface area (Å²) in [5.74, 6) is 0.0883. The van der Waals surface area contributed by atoms with Crippen LogP contribution in [0.5, 0.6) is 0 Å². The highest BCUT2D eigenvalue weighted by atomic mass is 16.2. The molecule has 5 heteroatoms. The number of nitrogens with one attached hydrogen (secondary N) is 2. The van der Waals surface area contributed by atoms with Crippen molar-refractivity contribution in [2.45, 2.75) is 63.1 Å². The fraction of sp³-hybridized carbons (Fsp3) is 0.440. The number of H-pyrrole nitrogens is 1. The number of rotatable bonds is 6. The summed E-state index contributed by atoms with van der Waals surface area (Å²) >= 11 is 0. The van der Waals surface area contributed by atoms with Crippen LogP contribution in [0.2, 0.25) is 0 Å². The van der Waals surface area contributed by atoms with Crippen molar-refractivity contribution in [1.29, 1.82) is 0 Å². The van der Waals surface area contributed by atoms with Crippen molar-refractivity contribution >= 4 is 16.9 Å². The lowest BCUT2D eigenvalue weighted by molar-refractivity contribution is 0.0618. The monoisotopic (exact) mass is 402 g/mol. The maximum atomic E-state index is 13.3. The minimum Gasteiger partial charge on any atom is -0.349 e. The molecule has 1 amide bonds. The first kappa shape index (κ1) is 19.3. The summed E-state index contributed by atoms with van der Waals surface area (Å²) in [6.45, 7) is 2.81. The Balaban J connectivity index is 1.30. The van der Waals surface area contributed by atoms with E-state index >= 15 is 0 Å². The molecular weight excluding hydrogens is 372 g/mol. The zero-order valence-corrected chi connectivity index (χ0v) is 17.6. The first-order valence-electron chi connectivity index (χ1n) is 11.3. The number of hydrogen-bond acceptors (Lipinski definition) is 3. The number of amides is 1. The van der Waals surface area contributed by atoms with Crippen LogP contribution in [0.4, 0.5) is 0 Å². The van der Waals surface area contributed by atoms with Crippen LogP contribution in [0.25, 0.3) is 11.0 Å². The first-order valence-corrected chi connectivity index (χ1v) is 11.3. The number of benzene rings is 1. The lowest BCUT2D eigenvalue weighted by Gasteiger charge is -2.38. The number of fused-ring (bicyclic) bond motifs is 1. The van der Waals surface area contributed by atoms with Gasteiger partial charge in [0.15, 0.2) is 0 Å². The summed E-state index contributed by atoms with van der Waals surface area (Å²) in [4.78, 5) is 23.0. The zero-order valence-electron chi connectivity index (χ0n) is 17.6. The molecule has 1 unspecified atom stereocenters. The first-order chi connectivity index (χ1) is 14.7. The Morgan fingerprint density at radius 1 is 1.20 bits per heavy atom. The van der Waals surface area contributed by atoms with Crippen molar-refractivity contribution in [3.8, 4) is 0 Å². The Kier molecular flexibility index (Phi) is 5.07. The van der Waals surface area contributed by atoms with Gasteiger partial charge >= 0.3 is 0 Å². The number of aromatic nitrogens is 2. The summed E-state index contributed by atoms with van der Waals surface area (Å²) in [6, 6.07) is 17.3.